The molecule has 1 atom stereocenters. The number of amidine groups is 1. The Hall–Kier alpha value is -2.51. The highest BCUT2D eigenvalue weighted by Crippen LogP contribution is 2.33. The number of hydrogen-bond acceptors (Lipinski definition) is 5. The molecule has 0 bridgehead atoms. The number of halogens is 1. The second kappa shape index (κ2) is 9.53. The van der Waals surface area contributed by atoms with E-state index >= 15 is 0 Å². The number of nitrogens with one attached hydrogen (secondary N) is 1. The number of thioether (sulfide) groups is 1. The fraction of sp³-hybridized carbons (Fsp3) is 0.318. The lowest BCUT2D eigenvalue weighted by molar-refractivity contribution is -0.128. The molecule has 0 saturated carbocycles. The Morgan fingerprint density at radius 2 is 2.03 bits per heavy atom. The molecule has 1 aliphatic rings. The maximum absolute atomic E-state index is 12.8. The van der Waals surface area contributed by atoms with E-state index in [0.29, 0.717) is 33.9 Å². The van der Waals surface area contributed by atoms with Crippen LogP contribution in [0.15, 0.2) is 41.4 Å². The standard InChI is InChI=1S/C22H24ClN3O3S/c1-5-26-21(28)19(30-22(26)24-15-8-7-14(3)16(23)11-15)12-20(27)25-17-10-13(2)6-9-18(17)29-4/h6-11,19H,5,12H2,1-4H3,(H,25,27). The van der Waals surface area contributed by atoms with Crippen molar-refractivity contribution < 1.29 is 14.3 Å². The van der Waals surface area contributed by atoms with Gasteiger partial charge >= 0.3 is 0 Å². The quantitative estimate of drug-likeness (QED) is 0.683. The van der Waals surface area contributed by atoms with Crippen molar-refractivity contribution in [2.75, 3.05) is 19.0 Å². The van der Waals surface area contributed by atoms with Gasteiger partial charge in [0.2, 0.25) is 11.8 Å². The molecule has 2 aromatic rings. The molecule has 6 nitrogen and oxygen atoms in total. The fourth-order valence-electron chi connectivity index (χ4n) is 3.07. The monoisotopic (exact) mass is 445 g/mol. The van der Waals surface area contributed by atoms with Crippen LogP contribution in [0.3, 0.4) is 0 Å². The van der Waals surface area contributed by atoms with Crippen LogP contribution in [0.2, 0.25) is 5.02 Å². The molecule has 1 aliphatic heterocycles. The summed E-state index contributed by atoms with van der Waals surface area (Å²) in [5, 5.41) is 3.53. The van der Waals surface area contributed by atoms with Gasteiger partial charge in [-0.15, -0.1) is 0 Å². The summed E-state index contributed by atoms with van der Waals surface area (Å²) < 4.78 is 5.30. The lowest BCUT2D eigenvalue weighted by Gasteiger charge is -2.14. The van der Waals surface area contributed by atoms with E-state index in [4.69, 9.17) is 16.3 Å². The Morgan fingerprint density at radius 3 is 2.70 bits per heavy atom. The second-order valence-electron chi connectivity index (χ2n) is 6.97. The van der Waals surface area contributed by atoms with Crippen LogP contribution in [0.25, 0.3) is 0 Å². The highest BCUT2D eigenvalue weighted by molar-refractivity contribution is 8.15. The van der Waals surface area contributed by atoms with Gasteiger partial charge in [-0.2, -0.15) is 0 Å². The lowest BCUT2D eigenvalue weighted by atomic mass is 10.2. The Labute approximate surface area is 185 Å². The van der Waals surface area contributed by atoms with Crippen molar-refractivity contribution in [1.82, 2.24) is 4.90 Å². The first-order valence-corrected chi connectivity index (χ1v) is 10.9. The molecule has 8 heteroatoms. The minimum absolute atomic E-state index is 0.0464. The summed E-state index contributed by atoms with van der Waals surface area (Å²) in [5.41, 5.74) is 3.23. The van der Waals surface area contributed by atoms with Gasteiger partial charge in [0.15, 0.2) is 5.17 Å². The first-order chi connectivity index (χ1) is 14.3. The summed E-state index contributed by atoms with van der Waals surface area (Å²) in [6.07, 6.45) is 0.0464. The molecule has 0 spiro atoms. The van der Waals surface area contributed by atoms with E-state index < -0.39 is 5.25 Å². The van der Waals surface area contributed by atoms with Crippen LogP contribution in [0, 0.1) is 13.8 Å². The number of aliphatic imine (C=N–C) groups is 1. The van der Waals surface area contributed by atoms with Crippen molar-refractivity contribution in [3.8, 4) is 5.75 Å². The molecule has 0 aliphatic carbocycles. The van der Waals surface area contributed by atoms with E-state index in [9.17, 15) is 9.59 Å². The van der Waals surface area contributed by atoms with Crippen molar-refractivity contribution in [3.05, 3.63) is 52.5 Å². The molecule has 1 fully saturated rings. The second-order valence-corrected chi connectivity index (χ2v) is 8.55. The average molecular weight is 446 g/mol. The van der Waals surface area contributed by atoms with Crippen molar-refractivity contribution in [2.45, 2.75) is 32.4 Å². The Bertz CT molecular complexity index is 1010. The minimum atomic E-state index is -0.527. The molecular formula is C22H24ClN3O3S. The highest BCUT2D eigenvalue weighted by atomic mass is 35.5. The Balaban J connectivity index is 1.74. The summed E-state index contributed by atoms with van der Waals surface area (Å²) in [6, 6.07) is 11.1. The van der Waals surface area contributed by atoms with Crippen LogP contribution in [-0.2, 0) is 9.59 Å². The molecule has 2 aromatic carbocycles. The summed E-state index contributed by atoms with van der Waals surface area (Å²) >= 11 is 7.49. The normalized spacial score (nSPS) is 17.5. The molecule has 1 N–H and O–H groups in total. The molecule has 0 radical (unpaired) electrons. The molecule has 158 valence electrons. The Morgan fingerprint density at radius 1 is 1.27 bits per heavy atom. The first-order valence-electron chi connectivity index (χ1n) is 9.59. The summed E-state index contributed by atoms with van der Waals surface area (Å²) in [4.78, 5) is 31.6. The molecule has 1 unspecified atom stereocenters. The van der Waals surface area contributed by atoms with Crippen LogP contribution in [0.1, 0.15) is 24.5 Å². The van der Waals surface area contributed by atoms with Gasteiger partial charge in [0.25, 0.3) is 0 Å². The van der Waals surface area contributed by atoms with Gasteiger partial charge in [0, 0.05) is 18.0 Å². The molecule has 0 aromatic heterocycles. The number of hydrogen-bond donors (Lipinski definition) is 1. The zero-order chi connectivity index (χ0) is 21.8. The zero-order valence-electron chi connectivity index (χ0n) is 17.4. The fourth-order valence-corrected chi connectivity index (χ4v) is 4.46. The lowest BCUT2D eigenvalue weighted by Crippen LogP contribution is -2.33. The minimum Gasteiger partial charge on any atom is -0.495 e. The maximum Gasteiger partial charge on any atom is 0.242 e. The van der Waals surface area contributed by atoms with Crippen molar-refractivity contribution in [1.29, 1.82) is 0 Å². The van der Waals surface area contributed by atoms with Crippen LogP contribution in [0.4, 0.5) is 11.4 Å². The van der Waals surface area contributed by atoms with E-state index in [1.807, 2.05) is 45.0 Å². The van der Waals surface area contributed by atoms with Gasteiger partial charge in [0.05, 0.1) is 18.5 Å². The predicted molar refractivity (Wildman–Crippen MR) is 123 cm³/mol. The van der Waals surface area contributed by atoms with Crippen molar-refractivity contribution in [2.24, 2.45) is 4.99 Å². The number of benzene rings is 2. The summed E-state index contributed by atoms with van der Waals surface area (Å²) in [7, 11) is 1.55. The van der Waals surface area contributed by atoms with Gasteiger partial charge < -0.3 is 10.1 Å². The number of ether oxygens (including phenoxy) is 1. The van der Waals surface area contributed by atoms with Gasteiger partial charge in [-0.1, -0.05) is 35.5 Å². The van der Waals surface area contributed by atoms with Crippen LogP contribution < -0.4 is 10.1 Å². The van der Waals surface area contributed by atoms with Crippen LogP contribution in [0.5, 0.6) is 5.75 Å². The van der Waals surface area contributed by atoms with Gasteiger partial charge in [-0.3, -0.25) is 14.5 Å². The highest BCUT2D eigenvalue weighted by Gasteiger charge is 2.38. The smallest absolute Gasteiger partial charge is 0.242 e. The number of carbonyl (C=O) groups excluding carboxylic acids is 2. The zero-order valence-corrected chi connectivity index (χ0v) is 18.9. The largest absolute Gasteiger partial charge is 0.495 e. The first kappa shape index (κ1) is 22.2. The third kappa shape index (κ3) is 4.96. The molecule has 30 heavy (non-hydrogen) atoms. The number of amides is 2. The number of nitrogens with zero attached hydrogens (tertiary/aromatic N) is 2. The Kier molecular flexibility index (Phi) is 7.05. The molecule has 1 heterocycles. The van der Waals surface area contributed by atoms with E-state index in [-0.39, 0.29) is 18.2 Å². The summed E-state index contributed by atoms with van der Waals surface area (Å²) in [6.45, 7) is 6.22. The van der Waals surface area contributed by atoms with Gasteiger partial charge in [-0.05, 0) is 56.2 Å². The third-order valence-corrected chi connectivity index (χ3v) is 6.30. The van der Waals surface area contributed by atoms with E-state index in [1.165, 1.54) is 11.8 Å². The average Bonchev–Trinajstić information content (AvgIpc) is 2.99. The third-order valence-electron chi connectivity index (χ3n) is 4.72. The number of carbonyl (C=O) groups is 2. The van der Waals surface area contributed by atoms with E-state index in [2.05, 4.69) is 10.3 Å². The molecular weight excluding hydrogens is 422 g/mol. The number of methoxy groups -OCH3 is 1. The van der Waals surface area contributed by atoms with Gasteiger partial charge in [-0.25, -0.2) is 4.99 Å². The molecule has 2 amide bonds. The topological polar surface area (TPSA) is 71.0 Å². The number of anilines is 1. The molecule has 3 rings (SSSR count). The SMILES string of the molecule is CCN1C(=O)C(CC(=O)Nc2cc(C)ccc2OC)SC1=Nc1ccc(C)c(Cl)c1. The van der Waals surface area contributed by atoms with E-state index in [1.54, 1.807) is 24.1 Å². The van der Waals surface area contributed by atoms with Crippen LogP contribution >= 0.6 is 23.4 Å². The van der Waals surface area contributed by atoms with Crippen molar-refractivity contribution in [3.63, 3.8) is 0 Å². The number of rotatable bonds is 6. The predicted octanol–water partition coefficient (Wildman–Crippen LogP) is 4.95. The summed E-state index contributed by atoms with van der Waals surface area (Å²) in [5.74, 6) is 0.208. The van der Waals surface area contributed by atoms with Gasteiger partial charge in [0.1, 0.15) is 11.0 Å². The molecule has 1 saturated heterocycles. The van der Waals surface area contributed by atoms with Crippen molar-refractivity contribution >= 4 is 51.7 Å². The van der Waals surface area contributed by atoms with E-state index in [0.717, 1.165) is 11.1 Å². The maximum atomic E-state index is 12.8. The number of aryl methyl sites for hydroxylation is 2. The van der Waals surface area contributed by atoms with Crippen LogP contribution in [-0.4, -0.2) is 40.8 Å².